The maximum Gasteiger partial charge on any atom is 0.137 e. The number of rotatable bonds is 1. The van der Waals surface area contributed by atoms with Gasteiger partial charge in [0.25, 0.3) is 0 Å². The van der Waals surface area contributed by atoms with E-state index < -0.39 is 0 Å². The van der Waals surface area contributed by atoms with E-state index in [1.807, 2.05) is 37.3 Å². The highest BCUT2D eigenvalue weighted by Gasteiger charge is 2.08. The van der Waals surface area contributed by atoms with Crippen LogP contribution in [0.15, 0.2) is 34.9 Å². The smallest absolute Gasteiger partial charge is 0.137 e. The summed E-state index contributed by atoms with van der Waals surface area (Å²) in [6.45, 7) is 5.76. The van der Waals surface area contributed by atoms with E-state index in [4.69, 9.17) is 4.52 Å². The van der Waals surface area contributed by atoms with Gasteiger partial charge in [-0.05, 0) is 13.8 Å². The molecule has 13 heavy (non-hydrogen) atoms. The molecule has 0 aliphatic carbocycles. The number of hydrogen-bond donors (Lipinski definition) is 0. The van der Waals surface area contributed by atoms with Crippen LogP contribution in [0.4, 0.5) is 0 Å². The Hall–Kier alpha value is -1.57. The molecule has 2 rings (SSSR count). The second-order valence-electron chi connectivity index (χ2n) is 2.93. The quantitative estimate of drug-likeness (QED) is 0.661. The second-order valence-corrected chi connectivity index (χ2v) is 2.93. The topological polar surface area (TPSA) is 26.0 Å². The van der Waals surface area contributed by atoms with Crippen LogP contribution in [0.25, 0.3) is 11.3 Å². The molecule has 1 radical (unpaired) electrons. The highest BCUT2D eigenvalue weighted by atomic mass is 16.5. The van der Waals surface area contributed by atoms with Gasteiger partial charge in [0.1, 0.15) is 11.5 Å². The predicted octanol–water partition coefficient (Wildman–Crippen LogP) is 2.83. The van der Waals surface area contributed by atoms with Gasteiger partial charge in [0, 0.05) is 11.1 Å². The Morgan fingerprint density at radius 1 is 1.23 bits per heavy atom. The van der Waals surface area contributed by atoms with Crippen molar-refractivity contribution in [2.75, 3.05) is 0 Å². The Morgan fingerprint density at radius 2 is 1.92 bits per heavy atom. The summed E-state index contributed by atoms with van der Waals surface area (Å²) in [4.78, 5) is 0. The molecule has 0 bridgehead atoms. The van der Waals surface area contributed by atoms with Crippen LogP contribution in [-0.4, -0.2) is 5.16 Å². The lowest BCUT2D eigenvalue weighted by atomic mass is 10.1. The van der Waals surface area contributed by atoms with Crippen molar-refractivity contribution in [1.82, 2.24) is 5.16 Å². The zero-order valence-corrected chi connectivity index (χ0v) is 7.45. The van der Waals surface area contributed by atoms with E-state index in [1.165, 1.54) is 0 Å². The molecule has 0 aliphatic heterocycles. The van der Waals surface area contributed by atoms with Gasteiger partial charge in [-0.1, -0.05) is 35.5 Å². The van der Waals surface area contributed by atoms with Crippen LogP contribution >= 0.6 is 0 Å². The molecule has 0 unspecified atom stereocenters. The van der Waals surface area contributed by atoms with E-state index in [1.54, 1.807) is 0 Å². The number of hydrogen-bond acceptors (Lipinski definition) is 2. The molecule has 1 aromatic heterocycles. The van der Waals surface area contributed by atoms with Crippen molar-refractivity contribution in [2.24, 2.45) is 0 Å². The van der Waals surface area contributed by atoms with Crippen LogP contribution in [0.1, 0.15) is 11.3 Å². The Balaban J connectivity index is 2.53. The molecular weight excluding hydrogens is 162 g/mol. The molecule has 1 heterocycles. The summed E-state index contributed by atoms with van der Waals surface area (Å²) < 4.78 is 5.04. The van der Waals surface area contributed by atoms with E-state index >= 15 is 0 Å². The highest BCUT2D eigenvalue weighted by Crippen LogP contribution is 2.23. The maximum atomic E-state index is 5.04. The van der Waals surface area contributed by atoms with Crippen molar-refractivity contribution in [2.45, 2.75) is 6.92 Å². The fraction of sp³-hybridized carbons (Fsp3) is 0.0909. The van der Waals surface area contributed by atoms with Crippen molar-refractivity contribution in [3.05, 3.63) is 48.6 Å². The minimum atomic E-state index is 0.777. The molecule has 0 spiro atoms. The van der Waals surface area contributed by atoms with Crippen LogP contribution in [0.2, 0.25) is 0 Å². The summed E-state index contributed by atoms with van der Waals surface area (Å²) in [5, 5.41) is 3.95. The summed E-state index contributed by atoms with van der Waals surface area (Å²) >= 11 is 0. The van der Waals surface area contributed by atoms with Crippen molar-refractivity contribution in [1.29, 1.82) is 0 Å². The number of aromatic nitrogens is 1. The first-order chi connectivity index (χ1) is 6.29. The molecular formula is C11H10NO. The third kappa shape index (κ3) is 1.35. The summed E-state index contributed by atoms with van der Waals surface area (Å²) in [5.74, 6) is 0.777. The fourth-order valence-corrected chi connectivity index (χ4v) is 1.21. The monoisotopic (exact) mass is 172 g/mol. The molecule has 0 fully saturated rings. The number of aryl methyl sites for hydroxylation is 1. The van der Waals surface area contributed by atoms with Crippen molar-refractivity contribution in [3.63, 3.8) is 0 Å². The first-order valence-corrected chi connectivity index (χ1v) is 4.12. The number of nitrogens with zero attached hydrogens (tertiary/aromatic N) is 1. The standard InChI is InChI=1S/C11H10NO/c1-8-9(2)13-12-11(8)10-6-4-3-5-7-10/h3-7H,1H2,2H3. The van der Waals surface area contributed by atoms with Crippen LogP contribution < -0.4 is 0 Å². The molecule has 0 saturated heterocycles. The van der Waals surface area contributed by atoms with Crippen LogP contribution in [-0.2, 0) is 0 Å². The van der Waals surface area contributed by atoms with Gasteiger partial charge in [-0.2, -0.15) is 0 Å². The van der Waals surface area contributed by atoms with Gasteiger partial charge in [-0.25, -0.2) is 0 Å². The van der Waals surface area contributed by atoms with E-state index in [2.05, 4.69) is 12.1 Å². The molecule has 0 N–H and O–H groups in total. The molecule has 1 aromatic carbocycles. The molecule has 0 saturated carbocycles. The van der Waals surface area contributed by atoms with Crippen LogP contribution in [0, 0.1) is 13.8 Å². The minimum Gasteiger partial charge on any atom is -0.361 e. The molecule has 65 valence electrons. The predicted molar refractivity (Wildman–Crippen MR) is 51.1 cm³/mol. The van der Waals surface area contributed by atoms with Gasteiger partial charge in [-0.15, -0.1) is 0 Å². The minimum absolute atomic E-state index is 0.777. The zero-order valence-electron chi connectivity index (χ0n) is 7.45. The average Bonchev–Trinajstić information content (AvgIpc) is 2.49. The van der Waals surface area contributed by atoms with E-state index in [0.29, 0.717) is 0 Å². The van der Waals surface area contributed by atoms with E-state index in [9.17, 15) is 0 Å². The summed E-state index contributed by atoms with van der Waals surface area (Å²) in [5.41, 5.74) is 2.74. The third-order valence-electron chi connectivity index (χ3n) is 2.03. The zero-order chi connectivity index (χ0) is 9.26. The van der Waals surface area contributed by atoms with Gasteiger partial charge in [0.2, 0.25) is 0 Å². The molecule has 0 atom stereocenters. The molecule has 0 aliphatic rings. The summed E-state index contributed by atoms with van der Waals surface area (Å²) in [6.07, 6.45) is 0. The second kappa shape index (κ2) is 3.05. The third-order valence-corrected chi connectivity index (χ3v) is 2.03. The molecule has 0 amide bonds. The average molecular weight is 172 g/mol. The summed E-state index contributed by atoms with van der Waals surface area (Å²) in [7, 11) is 0. The molecule has 2 nitrogen and oxygen atoms in total. The Morgan fingerprint density at radius 3 is 2.46 bits per heavy atom. The highest BCUT2D eigenvalue weighted by molar-refractivity contribution is 5.63. The van der Waals surface area contributed by atoms with Crippen molar-refractivity contribution >= 4 is 0 Å². The van der Waals surface area contributed by atoms with E-state index in [0.717, 1.165) is 22.6 Å². The Bertz CT molecular complexity index is 403. The van der Waals surface area contributed by atoms with Crippen LogP contribution in [0.3, 0.4) is 0 Å². The molecule has 2 heteroatoms. The van der Waals surface area contributed by atoms with E-state index in [-0.39, 0.29) is 0 Å². The Labute approximate surface area is 77.2 Å². The summed E-state index contributed by atoms with van der Waals surface area (Å²) in [6, 6.07) is 9.90. The number of benzene rings is 1. The van der Waals surface area contributed by atoms with Gasteiger partial charge in [0.05, 0.1) is 0 Å². The van der Waals surface area contributed by atoms with Crippen LogP contribution in [0.5, 0.6) is 0 Å². The van der Waals surface area contributed by atoms with Gasteiger partial charge < -0.3 is 4.52 Å². The fourth-order valence-electron chi connectivity index (χ4n) is 1.21. The van der Waals surface area contributed by atoms with Crippen molar-refractivity contribution in [3.8, 4) is 11.3 Å². The lowest BCUT2D eigenvalue weighted by Crippen LogP contribution is -1.79. The van der Waals surface area contributed by atoms with Gasteiger partial charge in [-0.3, -0.25) is 0 Å². The molecule has 2 aromatic rings. The SMILES string of the molecule is [CH2]c1c(-c2ccccc2)noc1C. The van der Waals surface area contributed by atoms with Crippen molar-refractivity contribution < 1.29 is 4.52 Å². The Kier molecular flexibility index (Phi) is 1.89. The normalized spacial score (nSPS) is 10.3. The maximum absolute atomic E-state index is 5.04. The lowest BCUT2D eigenvalue weighted by molar-refractivity contribution is 0.399. The lowest BCUT2D eigenvalue weighted by Gasteiger charge is -1.95. The largest absolute Gasteiger partial charge is 0.361 e. The van der Waals surface area contributed by atoms with Gasteiger partial charge in [0.15, 0.2) is 0 Å². The first kappa shape index (κ1) is 8.05. The first-order valence-electron chi connectivity index (χ1n) is 4.12. The van der Waals surface area contributed by atoms with Gasteiger partial charge >= 0.3 is 0 Å².